The molecular weight excluding hydrogens is 422 g/mol. The lowest BCUT2D eigenvalue weighted by atomic mass is 10.1. The van der Waals surface area contributed by atoms with Gasteiger partial charge in [0.15, 0.2) is 5.76 Å². The second kappa shape index (κ2) is 9.99. The van der Waals surface area contributed by atoms with E-state index >= 15 is 0 Å². The van der Waals surface area contributed by atoms with Gasteiger partial charge in [0.2, 0.25) is 0 Å². The van der Waals surface area contributed by atoms with Gasteiger partial charge in [0.05, 0.1) is 6.26 Å². The highest BCUT2D eigenvalue weighted by molar-refractivity contribution is 5.94. The van der Waals surface area contributed by atoms with Crippen LogP contribution in [0.1, 0.15) is 34.2 Å². The number of benzene rings is 2. The molecule has 0 spiro atoms. The lowest BCUT2D eigenvalue weighted by molar-refractivity contribution is -0.147. The lowest BCUT2D eigenvalue weighted by Gasteiger charge is -2.17. The number of furan rings is 1. The van der Waals surface area contributed by atoms with Crippen LogP contribution in [0.5, 0.6) is 0 Å². The summed E-state index contributed by atoms with van der Waals surface area (Å²) in [6.45, 7) is 1.88. The number of carbonyl (C=O) groups is 2. The summed E-state index contributed by atoms with van der Waals surface area (Å²) in [5, 5.41) is 3.37. The Balaban J connectivity index is 1.54. The van der Waals surface area contributed by atoms with Crippen LogP contribution in [0.25, 0.3) is 11.0 Å². The molecule has 4 aromatic rings. The summed E-state index contributed by atoms with van der Waals surface area (Å²) in [5.74, 6) is -1.04. The number of hydrogen-bond acceptors (Lipinski definition) is 6. The van der Waals surface area contributed by atoms with Gasteiger partial charge in [0.25, 0.3) is 5.91 Å². The number of ether oxygens (including phenoxy) is 1. The molecule has 0 aliphatic carbocycles. The molecule has 0 aliphatic rings. The minimum Gasteiger partial charge on any atom is -0.459 e. The number of amides is 1. The van der Waals surface area contributed by atoms with Gasteiger partial charge in [-0.05, 0) is 35.7 Å². The Morgan fingerprint density at radius 2 is 1.82 bits per heavy atom. The molecule has 0 fully saturated rings. The molecule has 0 radical (unpaired) electrons. The van der Waals surface area contributed by atoms with Crippen LogP contribution in [0.2, 0.25) is 0 Å². The topological polar surface area (TPSA) is 98.7 Å². The molecule has 168 valence electrons. The predicted molar refractivity (Wildman–Crippen MR) is 122 cm³/mol. The molecule has 1 amide bonds. The van der Waals surface area contributed by atoms with Crippen LogP contribution < -0.4 is 10.9 Å². The van der Waals surface area contributed by atoms with Crippen molar-refractivity contribution < 1.29 is 23.2 Å². The van der Waals surface area contributed by atoms with E-state index in [4.69, 9.17) is 13.6 Å². The smallest absolute Gasteiger partial charge is 0.336 e. The standard InChI is InChI=1S/C26H23NO6/c1-2-17-10-11-20-19(15-24(28)33-23(20)14-17)16-32-26(30)21(13-18-7-4-3-5-8-18)27-25(29)22-9-6-12-31-22/h3-12,14-15,21H,2,13,16H2,1H3,(H,27,29). The third-order valence-corrected chi connectivity index (χ3v) is 5.29. The molecule has 2 aromatic heterocycles. The van der Waals surface area contributed by atoms with Crippen LogP contribution in [-0.4, -0.2) is 17.9 Å². The van der Waals surface area contributed by atoms with Gasteiger partial charge in [-0.3, -0.25) is 4.79 Å². The number of fused-ring (bicyclic) bond motifs is 1. The quantitative estimate of drug-likeness (QED) is 0.325. The Morgan fingerprint density at radius 1 is 1.00 bits per heavy atom. The molecule has 33 heavy (non-hydrogen) atoms. The summed E-state index contributed by atoms with van der Waals surface area (Å²) in [6, 6.07) is 18.4. The normalized spacial score (nSPS) is 11.8. The van der Waals surface area contributed by atoms with E-state index in [1.165, 1.54) is 18.4 Å². The van der Waals surface area contributed by atoms with Crippen molar-refractivity contribution in [1.29, 1.82) is 0 Å². The van der Waals surface area contributed by atoms with Crippen molar-refractivity contribution in [3.05, 3.63) is 106 Å². The van der Waals surface area contributed by atoms with Crippen molar-refractivity contribution in [3.8, 4) is 0 Å². The Hall–Kier alpha value is -4.13. The Morgan fingerprint density at radius 3 is 2.55 bits per heavy atom. The van der Waals surface area contributed by atoms with E-state index in [-0.39, 0.29) is 18.8 Å². The minimum absolute atomic E-state index is 0.0965. The number of hydrogen-bond donors (Lipinski definition) is 1. The van der Waals surface area contributed by atoms with E-state index in [0.717, 1.165) is 17.5 Å². The first-order valence-electron chi connectivity index (χ1n) is 10.6. The van der Waals surface area contributed by atoms with Crippen LogP contribution in [0, 0.1) is 0 Å². The molecule has 2 heterocycles. The highest BCUT2D eigenvalue weighted by Gasteiger charge is 2.25. The fourth-order valence-corrected chi connectivity index (χ4v) is 3.54. The first-order valence-corrected chi connectivity index (χ1v) is 10.6. The maximum Gasteiger partial charge on any atom is 0.336 e. The zero-order chi connectivity index (χ0) is 23.2. The molecule has 1 unspecified atom stereocenters. The number of nitrogens with one attached hydrogen (secondary N) is 1. The molecule has 1 atom stereocenters. The fourth-order valence-electron chi connectivity index (χ4n) is 3.54. The van der Waals surface area contributed by atoms with Gasteiger partial charge in [-0.25, -0.2) is 9.59 Å². The minimum atomic E-state index is -0.942. The lowest BCUT2D eigenvalue weighted by Crippen LogP contribution is -2.43. The second-order valence-corrected chi connectivity index (χ2v) is 7.58. The molecular formula is C26H23NO6. The number of rotatable bonds is 8. The Labute approximate surface area is 190 Å². The Kier molecular flexibility index (Phi) is 6.69. The Bertz CT molecular complexity index is 1310. The molecule has 1 N–H and O–H groups in total. The molecule has 2 aromatic carbocycles. The summed E-state index contributed by atoms with van der Waals surface area (Å²) in [5.41, 5.74) is 2.35. The van der Waals surface area contributed by atoms with Crippen molar-refractivity contribution in [2.24, 2.45) is 0 Å². The van der Waals surface area contributed by atoms with E-state index in [1.54, 1.807) is 6.07 Å². The largest absolute Gasteiger partial charge is 0.459 e. The summed E-state index contributed by atoms with van der Waals surface area (Å²) >= 11 is 0. The third-order valence-electron chi connectivity index (χ3n) is 5.29. The molecule has 0 saturated heterocycles. The van der Waals surface area contributed by atoms with Crippen molar-refractivity contribution in [1.82, 2.24) is 5.32 Å². The monoisotopic (exact) mass is 445 g/mol. The van der Waals surface area contributed by atoms with E-state index < -0.39 is 23.5 Å². The van der Waals surface area contributed by atoms with Crippen LogP contribution in [0.15, 0.2) is 86.6 Å². The average molecular weight is 445 g/mol. The van der Waals surface area contributed by atoms with Gasteiger partial charge in [-0.15, -0.1) is 0 Å². The SMILES string of the molecule is CCc1ccc2c(COC(=O)C(Cc3ccccc3)NC(=O)c3ccco3)cc(=O)oc2c1. The molecule has 7 nitrogen and oxygen atoms in total. The van der Waals surface area contributed by atoms with E-state index in [1.807, 2.05) is 55.5 Å². The van der Waals surface area contributed by atoms with Gasteiger partial charge < -0.3 is 18.9 Å². The summed E-state index contributed by atoms with van der Waals surface area (Å²) in [4.78, 5) is 37.5. The summed E-state index contributed by atoms with van der Waals surface area (Å²) < 4.78 is 16.0. The fraction of sp³-hybridized carbons (Fsp3) is 0.192. The molecule has 0 saturated carbocycles. The maximum atomic E-state index is 13.0. The predicted octanol–water partition coefficient (Wildman–Crippen LogP) is 4.03. The van der Waals surface area contributed by atoms with Gasteiger partial charge in [-0.1, -0.05) is 49.4 Å². The van der Waals surface area contributed by atoms with E-state index in [9.17, 15) is 14.4 Å². The summed E-state index contributed by atoms with van der Waals surface area (Å²) in [7, 11) is 0. The van der Waals surface area contributed by atoms with Crippen molar-refractivity contribution in [3.63, 3.8) is 0 Å². The first kappa shape index (κ1) is 22.1. The van der Waals surface area contributed by atoms with Gasteiger partial charge in [0.1, 0.15) is 18.2 Å². The maximum absolute atomic E-state index is 13.0. The van der Waals surface area contributed by atoms with Crippen LogP contribution in [0.3, 0.4) is 0 Å². The van der Waals surface area contributed by atoms with Gasteiger partial charge in [0, 0.05) is 23.4 Å². The number of esters is 1. The average Bonchev–Trinajstić information content (AvgIpc) is 3.37. The highest BCUT2D eigenvalue weighted by atomic mass is 16.5. The van der Waals surface area contributed by atoms with Gasteiger partial charge in [-0.2, -0.15) is 0 Å². The number of carbonyl (C=O) groups excluding carboxylic acids is 2. The van der Waals surface area contributed by atoms with Crippen molar-refractivity contribution >= 4 is 22.8 Å². The van der Waals surface area contributed by atoms with Crippen molar-refractivity contribution in [2.75, 3.05) is 0 Å². The van der Waals surface area contributed by atoms with Crippen molar-refractivity contribution in [2.45, 2.75) is 32.4 Å². The highest BCUT2D eigenvalue weighted by Crippen LogP contribution is 2.20. The van der Waals surface area contributed by atoms with Gasteiger partial charge >= 0.3 is 11.6 Å². The van der Waals surface area contributed by atoms with Crippen LogP contribution in [0.4, 0.5) is 0 Å². The second-order valence-electron chi connectivity index (χ2n) is 7.58. The zero-order valence-corrected chi connectivity index (χ0v) is 18.1. The molecule has 0 aliphatic heterocycles. The number of aryl methyl sites for hydroxylation is 1. The molecule has 7 heteroatoms. The summed E-state index contributed by atoms with van der Waals surface area (Å²) in [6.07, 6.45) is 2.43. The third kappa shape index (κ3) is 5.38. The molecule has 4 rings (SSSR count). The zero-order valence-electron chi connectivity index (χ0n) is 18.1. The van der Waals surface area contributed by atoms with Crippen LogP contribution >= 0.6 is 0 Å². The van der Waals surface area contributed by atoms with E-state index in [0.29, 0.717) is 16.5 Å². The van der Waals surface area contributed by atoms with Crippen LogP contribution in [-0.2, 0) is 29.0 Å². The first-order chi connectivity index (χ1) is 16.0. The van der Waals surface area contributed by atoms with E-state index in [2.05, 4.69) is 5.32 Å². The molecule has 0 bridgehead atoms.